The van der Waals surface area contributed by atoms with Gasteiger partial charge in [0.2, 0.25) is 11.7 Å². The van der Waals surface area contributed by atoms with Gasteiger partial charge in [0.05, 0.1) is 7.11 Å². The summed E-state index contributed by atoms with van der Waals surface area (Å²) in [5, 5.41) is 6.24. The molecule has 1 saturated heterocycles. The zero-order chi connectivity index (χ0) is 12.4. The van der Waals surface area contributed by atoms with Crippen molar-refractivity contribution in [3.05, 3.63) is 5.82 Å². The Labute approximate surface area is 102 Å². The first-order chi connectivity index (χ1) is 8.15. The van der Waals surface area contributed by atoms with Crippen molar-refractivity contribution in [1.29, 1.82) is 0 Å². The van der Waals surface area contributed by atoms with Crippen LogP contribution in [0.5, 0.6) is 0 Å². The molecule has 1 amide bonds. The van der Waals surface area contributed by atoms with Gasteiger partial charge in [-0.2, -0.15) is 4.98 Å². The fourth-order valence-electron chi connectivity index (χ4n) is 1.64. The first kappa shape index (κ1) is 11.8. The molecule has 2 heterocycles. The quantitative estimate of drug-likeness (QED) is 0.617. The fourth-order valence-corrected chi connectivity index (χ4v) is 1.85. The maximum atomic E-state index is 11.6. The number of carbonyl (C=O) groups excluding carboxylic acids is 2. The van der Waals surface area contributed by atoms with Gasteiger partial charge in [-0.25, -0.2) is 4.79 Å². The van der Waals surface area contributed by atoms with Crippen LogP contribution in [0.2, 0.25) is 0 Å². The van der Waals surface area contributed by atoms with Gasteiger partial charge < -0.3 is 4.74 Å². The molecule has 1 atom stereocenters. The van der Waals surface area contributed by atoms with Gasteiger partial charge in [-0.3, -0.25) is 14.8 Å². The van der Waals surface area contributed by atoms with Crippen molar-refractivity contribution in [2.45, 2.75) is 6.42 Å². The van der Waals surface area contributed by atoms with Crippen LogP contribution in [0, 0.1) is 5.92 Å². The van der Waals surface area contributed by atoms with Gasteiger partial charge in [0.25, 0.3) is 5.95 Å². The number of halogens is 1. The third-order valence-corrected chi connectivity index (χ3v) is 2.95. The van der Waals surface area contributed by atoms with Gasteiger partial charge in [-0.15, -0.1) is 16.7 Å². The minimum absolute atomic E-state index is 0.0235. The molecule has 1 aliphatic heterocycles. The van der Waals surface area contributed by atoms with E-state index in [-0.39, 0.29) is 23.6 Å². The molecular formula is C9H11ClN4O3. The monoisotopic (exact) mass is 258 g/mol. The number of aromatic nitrogens is 3. The van der Waals surface area contributed by atoms with E-state index in [2.05, 4.69) is 19.9 Å². The van der Waals surface area contributed by atoms with E-state index in [1.54, 1.807) is 0 Å². The van der Waals surface area contributed by atoms with Crippen LogP contribution in [0.3, 0.4) is 0 Å². The molecule has 1 unspecified atom stereocenters. The first-order valence-corrected chi connectivity index (χ1v) is 5.56. The number of nitrogens with one attached hydrogen (secondary N) is 1. The SMILES string of the molecule is COC(=O)c1nc(N2CC(CCl)CC2=O)n[nH]1. The van der Waals surface area contributed by atoms with E-state index in [1.807, 2.05) is 0 Å². The number of ether oxygens (including phenoxy) is 1. The van der Waals surface area contributed by atoms with Crippen LogP contribution in [0.15, 0.2) is 0 Å². The number of anilines is 1. The van der Waals surface area contributed by atoms with E-state index < -0.39 is 5.97 Å². The molecular weight excluding hydrogens is 248 g/mol. The lowest BCUT2D eigenvalue weighted by atomic mass is 10.2. The molecule has 0 spiro atoms. The Morgan fingerprint density at radius 2 is 2.47 bits per heavy atom. The lowest BCUT2D eigenvalue weighted by Crippen LogP contribution is -2.26. The third-order valence-electron chi connectivity index (χ3n) is 2.52. The van der Waals surface area contributed by atoms with E-state index >= 15 is 0 Å². The van der Waals surface area contributed by atoms with E-state index in [4.69, 9.17) is 11.6 Å². The molecule has 1 aromatic heterocycles. The molecule has 0 aromatic carbocycles. The molecule has 7 nitrogen and oxygen atoms in total. The Kier molecular flexibility index (Phi) is 3.28. The second-order valence-electron chi connectivity index (χ2n) is 3.70. The number of H-pyrrole nitrogens is 1. The molecule has 8 heteroatoms. The van der Waals surface area contributed by atoms with Crippen LogP contribution in [-0.4, -0.2) is 46.6 Å². The number of hydrogen-bond donors (Lipinski definition) is 1. The average molecular weight is 259 g/mol. The van der Waals surface area contributed by atoms with Gasteiger partial charge >= 0.3 is 5.97 Å². The first-order valence-electron chi connectivity index (χ1n) is 5.02. The Balaban J connectivity index is 2.15. The van der Waals surface area contributed by atoms with Crippen molar-refractivity contribution in [3.63, 3.8) is 0 Å². The van der Waals surface area contributed by atoms with Crippen LogP contribution in [0.4, 0.5) is 5.95 Å². The Bertz CT molecular complexity index is 447. The minimum Gasteiger partial charge on any atom is -0.463 e. The molecule has 0 bridgehead atoms. The molecule has 1 fully saturated rings. The van der Waals surface area contributed by atoms with Gasteiger partial charge in [0.15, 0.2) is 0 Å². The highest BCUT2D eigenvalue weighted by atomic mass is 35.5. The molecule has 2 rings (SSSR count). The van der Waals surface area contributed by atoms with Crippen LogP contribution >= 0.6 is 11.6 Å². The van der Waals surface area contributed by atoms with Crippen molar-refractivity contribution in [1.82, 2.24) is 15.2 Å². The predicted molar refractivity (Wildman–Crippen MR) is 58.9 cm³/mol. The topological polar surface area (TPSA) is 88.2 Å². The molecule has 0 aliphatic carbocycles. The van der Waals surface area contributed by atoms with Gasteiger partial charge in [-0.05, 0) is 5.92 Å². The summed E-state index contributed by atoms with van der Waals surface area (Å²) in [5.74, 6) is -0.0384. The Hall–Kier alpha value is -1.63. The number of esters is 1. The highest BCUT2D eigenvalue weighted by molar-refractivity contribution is 6.18. The number of nitrogens with zero attached hydrogens (tertiary/aromatic N) is 3. The zero-order valence-corrected chi connectivity index (χ0v) is 9.90. The van der Waals surface area contributed by atoms with Gasteiger partial charge in [0, 0.05) is 18.8 Å². The second-order valence-corrected chi connectivity index (χ2v) is 4.01. The summed E-state index contributed by atoms with van der Waals surface area (Å²) < 4.78 is 4.48. The highest BCUT2D eigenvalue weighted by Crippen LogP contribution is 2.22. The lowest BCUT2D eigenvalue weighted by Gasteiger charge is -2.10. The summed E-state index contributed by atoms with van der Waals surface area (Å²) in [6.07, 6.45) is 0.381. The Morgan fingerprint density at radius 1 is 1.71 bits per heavy atom. The van der Waals surface area contributed by atoms with Crippen molar-refractivity contribution < 1.29 is 14.3 Å². The average Bonchev–Trinajstić information content (AvgIpc) is 2.94. The number of rotatable bonds is 3. The van der Waals surface area contributed by atoms with Crippen LogP contribution in [-0.2, 0) is 9.53 Å². The van der Waals surface area contributed by atoms with Crippen LogP contribution in [0.25, 0.3) is 0 Å². The molecule has 0 saturated carbocycles. The summed E-state index contributed by atoms with van der Waals surface area (Å²) >= 11 is 5.70. The highest BCUT2D eigenvalue weighted by Gasteiger charge is 2.32. The molecule has 1 aliphatic rings. The summed E-state index contributed by atoms with van der Waals surface area (Å²) in [6.45, 7) is 0.473. The Morgan fingerprint density at radius 3 is 3.06 bits per heavy atom. The normalized spacial score (nSPS) is 19.8. The number of hydrogen-bond acceptors (Lipinski definition) is 5. The van der Waals surface area contributed by atoms with E-state index in [9.17, 15) is 9.59 Å². The summed E-state index contributed by atoms with van der Waals surface area (Å²) in [7, 11) is 1.25. The standard InChI is InChI=1S/C9H11ClN4O3/c1-17-8(16)7-11-9(13-12-7)14-4-5(3-10)2-6(14)15/h5H,2-4H2,1H3,(H,11,12,13). The maximum Gasteiger partial charge on any atom is 0.375 e. The molecule has 1 N–H and O–H groups in total. The third kappa shape index (κ3) is 2.23. The zero-order valence-electron chi connectivity index (χ0n) is 9.14. The largest absolute Gasteiger partial charge is 0.463 e. The molecule has 92 valence electrons. The lowest BCUT2D eigenvalue weighted by molar-refractivity contribution is -0.117. The van der Waals surface area contributed by atoms with Crippen LogP contribution in [0.1, 0.15) is 17.0 Å². The van der Waals surface area contributed by atoms with Crippen molar-refractivity contribution in [3.8, 4) is 0 Å². The van der Waals surface area contributed by atoms with Crippen molar-refractivity contribution >= 4 is 29.4 Å². The van der Waals surface area contributed by atoms with E-state index in [0.717, 1.165) is 0 Å². The number of methoxy groups -OCH3 is 1. The minimum atomic E-state index is -0.621. The number of alkyl halides is 1. The summed E-state index contributed by atoms with van der Waals surface area (Å²) in [6, 6.07) is 0. The smallest absolute Gasteiger partial charge is 0.375 e. The number of aromatic amines is 1. The van der Waals surface area contributed by atoms with Gasteiger partial charge in [0.1, 0.15) is 0 Å². The maximum absolute atomic E-state index is 11.6. The predicted octanol–water partition coefficient (Wildman–Crippen LogP) is 0.183. The molecule has 1 aromatic rings. The molecule has 0 radical (unpaired) electrons. The van der Waals surface area contributed by atoms with E-state index in [0.29, 0.717) is 18.8 Å². The van der Waals surface area contributed by atoms with Crippen molar-refractivity contribution in [2.75, 3.05) is 24.4 Å². The van der Waals surface area contributed by atoms with Gasteiger partial charge in [-0.1, -0.05) is 0 Å². The number of carbonyl (C=O) groups is 2. The van der Waals surface area contributed by atoms with E-state index in [1.165, 1.54) is 12.0 Å². The summed E-state index contributed by atoms with van der Waals surface area (Å²) in [4.78, 5) is 28.1. The van der Waals surface area contributed by atoms with Crippen molar-refractivity contribution in [2.24, 2.45) is 5.92 Å². The number of amides is 1. The second kappa shape index (κ2) is 4.70. The molecule has 17 heavy (non-hydrogen) atoms. The summed E-state index contributed by atoms with van der Waals surface area (Å²) in [5.41, 5.74) is 0. The van der Waals surface area contributed by atoms with Crippen LogP contribution < -0.4 is 4.90 Å². The fraction of sp³-hybridized carbons (Fsp3) is 0.556.